The first-order chi connectivity index (χ1) is 9.45. The van der Waals surface area contributed by atoms with E-state index in [4.69, 9.17) is 4.74 Å². The molecule has 0 aliphatic carbocycles. The molecule has 0 atom stereocenters. The molecule has 1 N–H and O–H groups in total. The Labute approximate surface area is 124 Å². The number of rotatable bonds is 4. The predicted octanol–water partition coefficient (Wildman–Crippen LogP) is 1.42. The lowest BCUT2D eigenvalue weighted by atomic mass is 9.79. The van der Waals surface area contributed by atoms with Gasteiger partial charge in [-0.1, -0.05) is 0 Å². The summed E-state index contributed by atoms with van der Waals surface area (Å²) in [5, 5.41) is 3.41. The second-order valence-corrected chi connectivity index (χ2v) is 7.58. The van der Waals surface area contributed by atoms with Crippen LogP contribution in [0.1, 0.15) is 33.6 Å². The SMILES string of the molecule is CNCC1(CN2CCN(C(C)(C)C)CC2)CCOCC1. The van der Waals surface area contributed by atoms with Crippen molar-refractivity contribution >= 4 is 0 Å². The van der Waals surface area contributed by atoms with Crippen LogP contribution in [-0.4, -0.2) is 74.9 Å². The molecule has 0 amide bonds. The van der Waals surface area contributed by atoms with Crippen molar-refractivity contribution in [2.75, 3.05) is 59.5 Å². The molecule has 2 saturated heterocycles. The largest absolute Gasteiger partial charge is 0.381 e. The van der Waals surface area contributed by atoms with Crippen molar-refractivity contribution < 1.29 is 4.74 Å². The van der Waals surface area contributed by atoms with Crippen LogP contribution < -0.4 is 5.32 Å². The molecule has 118 valence electrons. The number of hydrogen-bond donors (Lipinski definition) is 1. The molecular weight excluding hydrogens is 250 g/mol. The van der Waals surface area contributed by atoms with Gasteiger partial charge in [-0.25, -0.2) is 0 Å². The Morgan fingerprint density at radius 3 is 2.15 bits per heavy atom. The maximum atomic E-state index is 5.57. The molecule has 2 aliphatic heterocycles. The highest BCUT2D eigenvalue weighted by Crippen LogP contribution is 2.31. The van der Waals surface area contributed by atoms with Gasteiger partial charge in [0.05, 0.1) is 0 Å². The van der Waals surface area contributed by atoms with Crippen molar-refractivity contribution in [2.24, 2.45) is 5.41 Å². The fourth-order valence-corrected chi connectivity index (χ4v) is 3.62. The number of hydrogen-bond acceptors (Lipinski definition) is 4. The number of nitrogens with one attached hydrogen (secondary N) is 1. The molecule has 20 heavy (non-hydrogen) atoms. The minimum atomic E-state index is 0.313. The molecule has 0 spiro atoms. The lowest BCUT2D eigenvalue weighted by molar-refractivity contribution is -0.0185. The molecule has 0 radical (unpaired) electrons. The highest BCUT2D eigenvalue weighted by molar-refractivity contribution is 4.89. The predicted molar refractivity (Wildman–Crippen MR) is 84.2 cm³/mol. The van der Waals surface area contributed by atoms with Crippen molar-refractivity contribution in [1.29, 1.82) is 0 Å². The van der Waals surface area contributed by atoms with E-state index < -0.39 is 0 Å². The maximum absolute atomic E-state index is 5.57. The third-order valence-corrected chi connectivity index (χ3v) is 4.99. The number of nitrogens with zero attached hydrogens (tertiary/aromatic N) is 2. The smallest absolute Gasteiger partial charge is 0.0472 e. The van der Waals surface area contributed by atoms with E-state index in [2.05, 4.69) is 42.9 Å². The minimum Gasteiger partial charge on any atom is -0.381 e. The summed E-state index contributed by atoms with van der Waals surface area (Å²) in [5.74, 6) is 0. The van der Waals surface area contributed by atoms with Crippen LogP contribution in [0, 0.1) is 5.41 Å². The molecule has 0 unspecified atom stereocenters. The first kappa shape index (κ1) is 16.2. The fraction of sp³-hybridized carbons (Fsp3) is 1.00. The van der Waals surface area contributed by atoms with Crippen LogP contribution in [0.3, 0.4) is 0 Å². The average Bonchev–Trinajstić information content (AvgIpc) is 2.39. The van der Waals surface area contributed by atoms with Gasteiger partial charge in [-0.15, -0.1) is 0 Å². The Kier molecular flexibility index (Phi) is 5.46. The Morgan fingerprint density at radius 2 is 1.65 bits per heavy atom. The van der Waals surface area contributed by atoms with Gasteiger partial charge < -0.3 is 15.0 Å². The topological polar surface area (TPSA) is 27.7 Å². The highest BCUT2D eigenvalue weighted by atomic mass is 16.5. The van der Waals surface area contributed by atoms with E-state index in [0.717, 1.165) is 19.8 Å². The van der Waals surface area contributed by atoms with E-state index in [-0.39, 0.29) is 0 Å². The van der Waals surface area contributed by atoms with Gasteiger partial charge in [-0.05, 0) is 46.1 Å². The van der Waals surface area contributed by atoms with E-state index in [9.17, 15) is 0 Å². The monoisotopic (exact) mass is 283 g/mol. The molecule has 2 rings (SSSR count). The normalized spacial score (nSPS) is 25.8. The summed E-state index contributed by atoms with van der Waals surface area (Å²) >= 11 is 0. The third kappa shape index (κ3) is 4.17. The van der Waals surface area contributed by atoms with Gasteiger partial charge in [0.15, 0.2) is 0 Å². The summed E-state index contributed by atoms with van der Waals surface area (Å²) in [7, 11) is 2.08. The third-order valence-electron chi connectivity index (χ3n) is 4.99. The molecule has 0 aromatic rings. The Morgan fingerprint density at radius 1 is 1.05 bits per heavy atom. The van der Waals surface area contributed by atoms with Crippen molar-refractivity contribution in [3.8, 4) is 0 Å². The zero-order chi connectivity index (χ0) is 14.6. The summed E-state index contributed by atoms with van der Waals surface area (Å²) in [6, 6.07) is 0. The first-order valence-electron chi connectivity index (χ1n) is 8.15. The van der Waals surface area contributed by atoms with E-state index >= 15 is 0 Å². The quantitative estimate of drug-likeness (QED) is 0.844. The second-order valence-electron chi connectivity index (χ2n) is 7.58. The molecular formula is C16H33N3O. The standard InChI is InChI=1S/C16H33N3O/c1-15(2,3)19-9-7-18(8-10-19)14-16(13-17-4)5-11-20-12-6-16/h17H,5-14H2,1-4H3. The summed E-state index contributed by atoms with van der Waals surface area (Å²) in [6.45, 7) is 16.0. The van der Waals surface area contributed by atoms with Gasteiger partial charge in [0.2, 0.25) is 0 Å². The lowest BCUT2D eigenvalue weighted by Gasteiger charge is -2.46. The zero-order valence-corrected chi connectivity index (χ0v) is 13.9. The fourth-order valence-electron chi connectivity index (χ4n) is 3.62. The molecule has 4 nitrogen and oxygen atoms in total. The summed E-state index contributed by atoms with van der Waals surface area (Å²) in [5.41, 5.74) is 0.740. The maximum Gasteiger partial charge on any atom is 0.0472 e. The van der Waals surface area contributed by atoms with Gasteiger partial charge in [0.25, 0.3) is 0 Å². The molecule has 0 bridgehead atoms. The second kappa shape index (κ2) is 6.73. The van der Waals surface area contributed by atoms with E-state index in [0.29, 0.717) is 11.0 Å². The van der Waals surface area contributed by atoms with Crippen LogP contribution >= 0.6 is 0 Å². The van der Waals surface area contributed by atoms with Gasteiger partial charge in [-0.2, -0.15) is 0 Å². The number of piperazine rings is 1. The molecule has 0 saturated carbocycles. The van der Waals surface area contributed by atoms with Crippen LogP contribution in [-0.2, 0) is 4.74 Å². The van der Waals surface area contributed by atoms with Crippen molar-refractivity contribution in [3.63, 3.8) is 0 Å². The summed E-state index contributed by atoms with van der Waals surface area (Å²) in [4.78, 5) is 5.28. The number of ether oxygens (including phenoxy) is 1. The van der Waals surface area contributed by atoms with E-state index in [1.54, 1.807) is 0 Å². The Hall–Kier alpha value is -0.160. The van der Waals surface area contributed by atoms with Gasteiger partial charge >= 0.3 is 0 Å². The molecule has 2 fully saturated rings. The van der Waals surface area contributed by atoms with Crippen molar-refractivity contribution in [2.45, 2.75) is 39.2 Å². The summed E-state index contributed by atoms with van der Waals surface area (Å²) < 4.78 is 5.57. The lowest BCUT2D eigenvalue weighted by Crippen LogP contribution is -2.56. The summed E-state index contributed by atoms with van der Waals surface area (Å²) in [6.07, 6.45) is 2.40. The molecule has 2 aliphatic rings. The van der Waals surface area contributed by atoms with Crippen LogP contribution in [0.5, 0.6) is 0 Å². The van der Waals surface area contributed by atoms with Crippen LogP contribution in [0.25, 0.3) is 0 Å². The molecule has 2 heterocycles. The van der Waals surface area contributed by atoms with Crippen LogP contribution in [0.4, 0.5) is 0 Å². The molecule has 4 heteroatoms. The van der Waals surface area contributed by atoms with Crippen LogP contribution in [0.15, 0.2) is 0 Å². The van der Waals surface area contributed by atoms with Gasteiger partial charge in [-0.3, -0.25) is 4.90 Å². The van der Waals surface area contributed by atoms with Crippen molar-refractivity contribution in [1.82, 2.24) is 15.1 Å². The van der Waals surface area contributed by atoms with E-state index in [1.807, 2.05) is 0 Å². The zero-order valence-electron chi connectivity index (χ0n) is 13.9. The van der Waals surface area contributed by atoms with E-state index in [1.165, 1.54) is 45.6 Å². The molecule has 0 aromatic heterocycles. The van der Waals surface area contributed by atoms with Gasteiger partial charge in [0, 0.05) is 58.0 Å². The Balaban J connectivity index is 1.86. The van der Waals surface area contributed by atoms with Gasteiger partial charge in [0.1, 0.15) is 0 Å². The molecule has 0 aromatic carbocycles. The average molecular weight is 283 g/mol. The van der Waals surface area contributed by atoms with Crippen molar-refractivity contribution in [3.05, 3.63) is 0 Å². The highest BCUT2D eigenvalue weighted by Gasteiger charge is 2.35. The van der Waals surface area contributed by atoms with Crippen LogP contribution in [0.2, 0.25) is 0 Å². The Bertz CT molecular complexity index is 281. The first-order valence-corrected chi connectivity index (χ1v) is 8.15. The minimum absolute atomic E-state index is 0.313.